The van der Waals surface area contributed by atoms with Crippen LogP contribution in [0.2, 0.25) is 0 Å². The van der Waals surface area contributed by atoms with E-state index in [4.69, 9.17) is 9.98 Å². The van der Waals surface area contributed by atoms with Gasteiger partial charge in [0.15, 0.2) is 5.66 Å². The van der Waals surface area contributed by atoms with Gasteiger partial charge in [-0.1, -0.05) is 158 Å². The topological polar surface area (TPSA) is 70.9 Å². The van der Waals surface area contributed by atoms with Crippen LogP contribution < -0.4 is 5.32 Å². The third-order valence-electron chi connectivity index (χ3n) is 9.89. The molecular weight excluding hydrogens is 659 g/mol. The molecule has 7 aromatic carbocycles. The Hall–Kier alpha value is -6.37. The van der Waals surface area contributed by atoms with Crippen LogP contribution in [0.5, 0.6) is 0 Å². The molecule has 1 atom stereocenters. The molecule has 0 bridgehead atoms. The summed E-state index contributed by atoms with van der Waals surface area (Å²) in [5.74, 6) is 1.40. The maximum Gasteiger partial charge on any atom is 0.207 e. The van der Waals surface area contributed by atoms with Crippen molar-refractivity contribution in [3.05, 3.63) is 193 Å². The molecule has 0 aliphatic carbocycles. The number of sulfone groups is 1. The lowest BCUT2D eigenvalue weighted by atomic mass is 9.96. The van der Waals surface area contributed by atoms with Gasteiger partial charge in [0, 0.05) is 27.8 Å². The molecule has 2 heterocycles. The number of amidine groups is 2. The molecule has 0 saturated heterocycles. The Morgan fingerprint density at radius 2 is 0.827 bits per heavy atom. The van der Waals surface area contributed by atoms with Gasteiger partial charge in [0.1, 0.15) is 11.7 Å². The number of hydrogen-bond acceptors (Lipinski definition) is 5. The predicted molar refractivity (Wildman–Crippen MR) is 210 cm³/mol. The van der Waals surface area contributed by atoms with E-state index in [-0.39, 0.29) is 0 Å². The molecular formula is C46H33N3O2S. The minimum absolute atomic E-state index is 0.328. The molecule has 6 heteroatoms. The number of nitrogens with one attached hydrogen (secondary N) is 1. The first-order valence-corrected chi connectivity index (χ1v) is 18.7. The van der Waals surface area contributed by atoms with Gasteiger partial charge in [-0.3, -0.25) is 0 Å². The zero-order valence-corrected chi connectivity index (χ0v) is 29.2. The highest BCUT2D eigenvalue weighted by Crippen LogP contribution is 2.46. The largest absolute Gasteiger partial charge is 0.324 e. The van der Waals surface area contributed by atoms with Crippen molar-refractivity contribution in [1.29, 1.82) is 0 Å². The highest BCUT2D eigenvalue weighted by atomic mass is 32.2. The van der Waals surface area contributed by atoms with Gasteiger partial charge in [0.2, 0.25) is 9.84 Å². The Kier molecular flexibility index (Phi) is 7.56. The molecule has 1 unspecified atom stereocenters. The van der Waals surface area contributed by atoms with Crippen LogP contribution in [0.4, 0.5) is 0 Å². The van der Waals surface area contributed by atoms with E-state index < -0.39 is 15.5 Å². The summed E-state index contributed by atoms with van der Waals surface area (Å²) in [4.78, 5) is 11.1. The molecule has 0 radical (unpaired) electrons. The summed E-state index contributed by atoms with van der Waals surface area (Å²) in [6.07, 6.45) is 0. The zero-order valence-electron chi connectivity index (χ0n) is 28.4. The number of hydrogen-bond donors (Lipinski definition) is 1. The molecule has 2 aliphatic rings. The zero-order chi connectivity index (χ0) is 35.3. The number of fused-ring (bicyclic) bond motifs is 3. The lowest BCUT2D eigenvalue weighted by Gasteiger charge is -2.30. The maximum atomic E-state index is 14.0. The molecule has 7 aromatic rings. The smallest absolute Gasteiger partial charge is 0.207 e. The minimum atomic E-state index is -3.71. The highest BCUT2D eigenvalue weighted by Gasteiger charge is 2.34. The van der Waals surface area contributed by atoms with Crippen molar-refractivity contribution in [3.63, 3.8) is 0 Å². The molecule has 0 fully saturated rings. The second-order valence-corrected chi connectivity index (χ2v) is 15.1. The summed E-state index contributed by atoms with van der Waals surface area (Å²) < 4.78 is 28.0. The van der Waals surface area contributed by atoms with Gasteiger partial charge in [-0.15, -0.1) is 0 Å². The van der Waals surface area contributed by atoms with Crippen LogP contribution >= 0.6 is 0 Å². The van der Waals surface area contributed by atoms with Gasteiger partial charge in [-0.2, -0.15) is 0 Å². The molecule has 9 rings (SSSR count). The van der Waals surface area contributed by atoms with Crippen LogP contribution in [0.15, 0.2) is 196 Å². The van der Waals surface area contributed by atoms with Crippen molar-refractivity contribution >= 4 is 21.5 Å². The minimum Gasteiger partial charge on any atom is -0.324 e. The normalized spacial score (nSPS) is 16.9. The molecule has 52 heavy (non-hydrogen) atoms. The first-order valence-electron chi connectivity index (χ1n) is 17.2. The van der Waals surface area contributed by atoms with E-state index in [2.05, 4.69) is 47.8 Å². The van der Waals surface area contributed by atoms with E-state index in [1.54, 1.807) is 12.1 Å². The summed E-state index contributed by atoms with van der Waals surface area (Å²) in [7, 11) is -3.71. The van der Waals surface area contributed by atoms with Gasteiger partial charge >= 0.3 is 0 Å². The quantitative estimate of drug-likeness (QED) is 0.189. The number of nitrogens with zero attached hydrogens (tertiary/aromatic N) is 2. The fourth-order valence-electron chi connectivity index (χ4n) is 7.12. The molecule has 0 aromatic heterocycles. The summed E-state index contributed by atoms with van der Waals surface area (Å²) in [6, 6.07) is 58.2. The number of rotatable bonds is 6. The van der Waals surface area contributed by atoms with Crippen LogP contribution in [0.25, 0.3) is 44.5 Å². The molecule has 250 valence electrons. The SMILES string of the molecule is CC1(c2ccc(-c3ccccc3)cc2)N=C(c2ccccc2)NC(c2cccc(-c3ccc4c(c3)S(=O)(=O)c3cc(-c5ccccc5)ccc3-4)c2)=N1. The van der Waals surface area contributed by atoms with Crippen LogP contribution in [-0.2, 0) is 15.5 Å². The first kappa shape index (κ1) is 31.6. The second-order valence-electron chi connectivity index (χ2n) is 13.2. The van der Waals surface area contributed by atoms with E-state index in [0.717, 1.165) is 67.0 Å². The molecule has 0 saturated carbocycles. The Labute approximate surface area is 303 Å². The summed E-state index contributed by atoms with van der Waals surface area (Å²) in [5, 5.41) is 3.52. The Morgan fingerprint density at radius 3 is 1.40 bits per heavy atom. The van der Waals surface area contributed by atoms with Crippen LogP contribution in [0.1, 0.15) is 23.6 Å². The molecule has 0 spiro atoms. The van der Waals surface area contributed by atoms with Crippen molar-refractivity contribution in [3.8, 4) is 44.5 Å². The van der Waals surface area contributed by atoms with Gasteiger partial charge in [0.05, 0.1) is 9.79 Å². The van der Waals surface area contributed by atoms with Gasteiger partial charge in [0.25, 0.3) is 0 Å². The van der Waals surface area contributed by atoms with Gasteiger partial charge in [-0.05, 0) is 58.5 Å². The average molecular weight is 692 g/mol. The van der Waals surface area contributed by atoms with Crippen molar-refractivity contribution in [2.24, 2.45) is 9.98 Å². The van der Waals surface area contributed by atoms with Crippen LogP contribution in [-0.4, -0.2) is 20.1 Å². The average Bonchev–Trinajstić information content (AvgIpc) is 3.43. The fourth-order valence-corrected chi connectivity index (χ4v) is 8.86. The van der Waals surface area contributed by atoms with Gasteiger partial charge < -0.3 is 5.32 Å². The lowest BCUT2D eigenvalue weighted by Crippen LogP contribution is -2.40. The Morgan fingerprint density at radius 1 is 0.423 bits per heavy atom. The fraction of sp³-hybridized carbons (Fsp3) is 0.0435. The van der Waals surface area contributed by atoms with Crippen molar-refractivity contribution in [1.82, 2.24) is 5.32 Å². The third-order valence-corrected chi connectivity index (χ3v) is 11.7. The molecule has 0 amide bonds. The van der Waals surface area contributed by atoms with Crippen LogP contribution in [0.3, 0.4) is 0 Å². The standard InChI is InChI=1S/C46H33N3O2S/c1-46(39-24-20-33(21-25-39)31-12-5-2-6-13-31)48-44(34-16-9-4-10-17-34)47-45(49-46)38-19-11-18-35(28-38)37-23-27-41-40-26-22-36(32-14-7-3-8-15-32)29-42(40)52(50,51)43(41)30-37/h2-30H,1H3,(H,47,48,49). The van der Waals surface area contributed by atoms with E-state index >= 15 is 0 Å². The maximum absolute atomic E-state index is 14.0. The lowest BCUT2D eigenvalue weighted by molar-refractivity contribution is 0.518. The van der Waals surface area contributed by atoms with E-state index in [1.165, 1.54) is 0 Å². The molecule has 5 nitrogen and oxygen atoms in total. The number of benzene rings is 7. The molecule has 2 aliphatic heterocycles. The van der Waals surface area contributed by atoms with Crippen molar-refractivity contribution < 1.29 is 8.42 Å². The monoisotopic (exact) mass is 691 g/mol. The highest BCUT2D eigenvalue weighted by molar-refractivity contribution is 7.92. The predicted octanol–water partition coefficient (Wildman–Crippen LogP) is 10.2. The summed E-state index contributed by atoms with van der Waals surface area (Å²) in [5.41, 5.74) is 9.19. The van der Waals surface area contributed by atoms with Crippen molar-refractivity contribution in [2.45, 2.75) is 22.4 Å². The summed E-state index contributed by atoms with van der Waals surface area (Å²) >= 11 is 0. The van der Waals surface area contributed by atoms with E-state index in [1.807, 2.05) is 128 Å². The van der Waals surface area contributed by atoms with Crippen molar-refractivity contribution in [2.75, 3.05) is 0 Å². The Bertz CT molecular complexity index is 2650. The number of aliphatic imine (C=N–C) groups is 2. The van der Waals surface area contributed by atoms with Crippen LogP contribution in [0, 0.1) is 0 Å². The second kappa shape index (κ2) is 12.4. The van der Waals surface area contributed by atoms with E-state index in [0.29, 0.717) is 15.6 Å². The summed E-state index contributed by atoms with van der Waals surface area (Å²) in [6.45, 7) is 2.03. The van der Waals surface area contributed by atoms with E-state index in [9.17, 15) is 8.42 Å². The third kappa shape index (κ3) is 5.54. The molecule has 1 N–H and O–H groups in total. The first-order chi connectivity index (χ1) is 25.4. The van der Waals surface area contributed by atoms with Gasteiger partial charge in [-0.25, -0.2) is 18.4 Å². The Balaban J connectivity index is 1.08.